The summed E-state index contributed by atoms with van der Waals surface area (Å²) in [4.78, 5) is 12.6. The van der Waals surface area contributed by atoms with Gasteiger partial charge >= 0.3 is 0 Å². The largest absolute Gasteiger partial charge is 0.493 e. The van der Waals surface area contributed by atoms with Crippen LogP contribution in [-0.2, 0) is 0 Å². The number of hydrogen-bond donors (Lipinski definition) is 1. The summed E-state index contributed by atoms with van der Waals surface area (Å²) in [5, 5.41) is 3.14. The average Bonchev–Trinajstić information content (AvgIpc) is 2.66. The number of anilines is 1. The first-order chi connectivity index (χ1) is 12.6. The minimum atomic E-state index is -0.316. The van der Waals surface area contributed by atoms with Crippen LogP contribution in [0.25, 0.3) is 0 Å². The van der Waals surface area contributed by atoms with Crippen molar-refractivity contribution >= 4 is 23.2 Å². The average molecular weight is 378 g/mol. The van der Waals surface area contributed by atoms with Crippen molar-refractivity contribution in [3.8, 4) is 23.0 Å². The Morgan fingerprint density at radius 1 is 1.19 bits per heavy atom. The third kappa shape index (κ3) is 3.96. The lowest BCUT2D eigenvalue weighted by atomic mass is 10.1. The van der Waals surface area contributed by atoms with Gasteiger partial charge in [-0.2, -0.15) is 0 Å². The van der Waals surface area contributed by atoms with Crippen molar-refractivity contribution in [1.29, 1.82) is 0 Å². The molecule has 2 aromatic rings. The van der Waals surface area contributed by atoms with E-state index < -0.39 is 0 Å². The zero-order valence-electron chi connectivity index (χ0n) is 14.6. The molecule has 0 bridgehead atoms. The van der Waals surface area contributed by atoms with Crippen LogP contribution in [0.1, 0.15) is 23.7 Å². The first-order valence-electron chi connectivity index (χ1n) is 8.33. The summed E-state index contributed by atoms with van der Waals surface area (Å²) in [6, 6.07) is 8.40. The Balaban J connectivity index is 1.80. The van der Waals surface area contributed by atoms with E-state index >= 15 is 0 Å². The zero-order chi connectivity index (χ0) is 18.5. The lowest BCUT2D eigenvalue weighted by molar-refractivity contribution is 0.102. The number of ether oxygens (including phenoxy) is 4. The summed E-state index contributed by atoms with van der Waals surface area (Å²) in [6.07, 6.45) is 0.839. The minimum absolute atomic E-state index is 0.316. The maximum absolute atomic E-state index is 12.6. The summed E-state index contributed by atoms with van der Waals surface area (Å²) in [7, 11) is 1.51. The van der Waals surface area contributed by atoms with Crippen LogP contribution in [0.4, 0.5) is 5.69 Å². The number of carbonyl (C=O) groups is 1. The molecule has 0 spiro atoms. The maximum Gasteiger partial charge on any atom is 0.255 e. The highest BCUT2D eigenvalue weighted by Gasteiger charge is 2.17. The fraction of sp³-hybridized carbons (Fsp3) is 0.316. The number of halogens is 1. The summed E-state index contributed by atoms with van der Waals surface area (Å²) in [6.45, 7) is 3.51. The van der Waals surface area contributed by atoms with E-state index in [9.17, 15) is 4.79 Å². The third-order valence-electron chi connectivity index (χ3n) is 3.74. The highest BCUT2D eigenvalue weighted by molar-refractivity contribution is 6.32. The molecule has 138 valence electrons. The van der Waals surface area contributed by atoms with Gasteiger partial charge < -0.3 is 24.3 Å². The van der Waals surface area contributed by atoms with Gasteiger partial charge in [0.1, 0.15) is 13.2 Å². The van der Waals surface area contributed by atoms with E-state index in [-0.39, 0.29) is 5.91 Å². The van der Waals surface area contributed by atoms with Gasteiger partial charge in [0.2, 0.25) is 0 Å². The molecule has 7 heteroatoms. The van der Waals surface area contributed by atoms with E-state index in [0.29, 0.717) is 59.1 Å². The fourth-order valence-electron chi connectivity index (χ4n) is 2.52. The highest BCUT2D eigenvalue weighted by atomic mass is 35.5. The van der Waals surface area contributed by atoms with Gasteiger partial charge in [-0.1, -0.05) is 18.5 Å². The number of rotatable bonds is 6. The predicted molar refractivity (Wildman–Crippen MR) is 99.2 cm³/mol. The zero-order valence-corrected chi connectivity index (χ0v) is 15.4. The van der Waals surface area contributed by atoms with Gasteiger partial charge in [0.25, 0.3) is 5.91 Å². The Bertz CT molecular complexity index is 809. The molecule has 0 saturated heterocycles. The smallest absolute Gasteiger partial charge is 0.255 e. The van der Waals surface area contributed by atoms with Gasteiger partial charge in [-0.05, 0) is 30.7 Å². The van der Waals surface area contributed by atoms with Crippen LogP contribution in [-0.4, -0.2) is 32.8 Å². The van der Waals surface area contributed by atoms with Crippen LogP contribution < -0.4 is 24.3 Å². The van der Waals surface area contributed by atoms with E-state index in [4.69, 9.17) is 30.5 Å². The van der Waals surface area contributed by atoms with Crippen molar-refractivity contribution < 1.29 is 23.7 Å². The topological polar surface area (TPSA) is 66.0 Å². The van der Waals surface area contributed by atoms with Gasteiger partial charge in [-0.25, -0.2) is 0 Å². The molecule has 1 heterocycles. The summed E-state index contributed by atoms with van der Waals surface area (Å²) < 4.78 is 21.9. The molecule has 0 fully saturated rings. The molecule has 0 saturated carbocycles. The molecule has 0 unspecified atom stereocenters. The molecule has 1 aliphatic heterocycles. The standard InChI is InChI=1S/C19H20ClNO5/c1-3-6-26-18-14(20)9-12(10-17(18)23-2)19(22)21-13-4-5-15-16(11-13)25-8-7-24-15/h4-5,9-11H,3,6-8H2,1-2H3,(H,21,22). The number of benzene rings is 2. The molecule has 0 atom stereocenters. The Kier molecular flexibility index (Phi) is 5.73. The van der Waals surface area contributed by atoms with Crippen LogP contribution in [0.5, 0.6) is 23.0 Å². The number of hydrogen-bond acceptors (Lipinski definition) is 5. The molecule has 3 rings (SSSR count). The van der Waals surface area contributed by atoms with Crippen molar-refractivity contribution in [3.05, 3.63) is 40.9 Å². The maximum atomic E-state index is 12.6. The molecule has 1 N–H and O–H groups in total. The second-order valence-corrected chi connectivity index (χ2v) is 6.06. The van der Waals surface area contributed by atoms with Crippen molar-refractivity contribution in [2.75, 3.05) is 32.2 Å². The minimum Gasteiger partial charge on any atom is -0.493 e. The van der Waals surface area contributed by atoms with E-state index in [0.717, 1.165) is 6.42 Å². The van der Waals surface area contributed by atoms with Crippen molar-refractivity contribution in [2.45, 2.75) is 13.3 Å². The number of amides is 1. The van der Waals surface area contributed by atoms with Gasteiger partial charge in [0, 0.05) is 17.3 Å². The summed E-state index contributed by atoms with van der Waals surface area (Å²) in [5.74, 6) is 1.80. The van der Waals surface area contributed by atoms with Crippen molar-refractivity contribution in [1.82, 2.24) is 0 Å². The van der Waals surface area contributed by atoms with E-state index in [1.165, 1.54) is 7.11 Å². The van der Waals surface area contributed by atoms with Crippen LogP contribution in [0.15, 0.2) is 30.3 Å². The molecule has 1 amide bonds. The quantitative estimate of drug-likeness (QED) is 0.818. The second-order valence-electron chi connectivity index (χ2n) is 5.65. The van der Waals surface area contributed by atoms with Crippen LogP contribution >= 0.6 is 11.6 Å². The lowest BCUT2D eigenvalue weighted by Gasteiger charge is -2.19. The normalized spacial score (nSPS) is 12.4. The van der Waals surface area contributed by atoms with Gasteiger partial charge in [-0.15, -0.1) is 0 Å². The lowest BCUT2D eigenvalue weighted by Crippen LogP contribution is -2.16. The van der Waals surface area contributed by atoms with Crippen LogP contribution in [0, 0.1) is 0 Å². The predicted octanol–water partition coefficient (Wildman–Crippen LogP) is 4.16. The molecule has 0 aliphatic carbocycles. The van der Waals surface area contributed by atoms with Crippen molar-refractivity contribution in [3.63, 3.8) is 0 Å². The van der Waals surface area contributed by atoms with Gasteiger partial charge in [0.05, 0.1) is 18.7 Å². The number of nitrogens with one attached hydrogen (secondary N) is 1. The molecule has 2 aromatic carbocycles. The van der Waals surface area contributed by atoms with E-state index in [2.05, 4.69) is 5.32 Å². The SMILES string of the molecule is CCCOc1c(Cl)cc(C(=O)Nc2ccc3c(c2)OCCO3)cc1OC. The molecule has 6 nitrogen and oxygen atoms in total. The molecule has 0 radical (unpaired) electrons. The number of carbonyl (C=O) groups excluding carboxylic acids is 1. The Morgan fingerprint density at radius 3 is 2.69 bits per heavy atom. The van der Waals surface area contributed by atoms with Crippen LogP contribution in [0.3, 0.4) is 0 Å². The highest BCUT2D eigenvalue weighted by Crippen LogP contribution is 2.37. The first-order valence-corrected chi connectivity index (χ1v) is 8.71. The Morgan fingerprint density at radius 2 is 1.96 bits per heavy atom. The van der Waals surface area contributed by atoms with E-state index in [1.54, 1.807) is 30.3 Å². The number of methoxy groups -OCH3 is 1. The molecular formula is C19H20ClNO5. The van der Waals surface area contributed by atoms with Crippen LogP contribution in [0.2, 0.25) is 5.02 Å². The monoisotopic (exact) mass is 377 g/mol. The fourth-order valence-corrected chi connectivity index (χ4v) is 2.78. The Hall–Kier alpha value is -2.60. The second kappa shape index (κ2) is 8.19. The molecular weight excluding hydrogens is 358 g/mol. The summed E-state index contributed by atoms with van der Waals surface area (Å²) in [5.41, 5.74) is 0.964. The third-order valence-corrected chi connectivity index (χ3v) is 4.02. The summed E-state index contributed by atoms with van der Waals surface area (Å²) >= 11 is 6.27. The van der Waals surface area contributed by atoms with Gasteiger partial charge in [0.15, 0.2) is 23.0 Å². The first kappa shape index (κ1) is 18.2. The molecule has 1 aliphatic rings. The molecule has 0 aromatic heterocycles. The molecule has 26 heavy (non-hydrogen) atoms. The van der Waals surface area contributed by atoms with E-state index in [1.807, 2.05) is 6.92 Å². The van der Waals surface area contributed by atoms with Crippen molar-refractivity contribution in [2.24, 2.45) is 0 Å². The Labute approximate surface area is 157 Å². The number of fused-ring (bicyclic) bond motifs is 1. The van der Waals surface area contributed by atoms with Gasteiger partial charge in [-0.3, -0.25) is 4.79 Å².